The number of anilines is 1. The van der Waals surface area contributed by atoms with E-state index >= 15 is 0 Å². The maximum absolute atomic E-state index is 13.7. The Morgan fingerprint density at radius 3 is 2.57 bits per heavy atom. The van der Waals surface area contributed by atoms with Gasteiger partial charge < -0.3 is 14.8 Å². The average molecular weight is 422 g/mol. The molecular weight excluding hydrogens is 408 g/mol. The molecule has 0 unspecified atom stereocenters. The predicted molar refractivity (Wildman–Crippen MR) is 96.3 cm³/mol. The number of nitrogens with one attached hydrogen (secondary N) is 1. The molecule has 0 atom stereocenters. The lowest BCUT2D eigenvalue weighted by Crippen LogP contribution is -2.21. The smallest absolute Gasteiger partial charge is 0.435 e. The summed E-state index contributed by atoms with van der Waals surface area (Å²) in [5, 5.41) is 9.16. The van der Waals surface area contributed by atoms with Crippen molar-refractivity contribution in [3.63, 3.8) is 0 Å². The molecule has 3 aromatic rings. The van der Waals surface area contributed by atoms with Crippen molar-refractivity contribution in [2.75, 3.05) is 18.5 Å². The highest BCUT2D eigenvalue weighted by molar-refractivity contribution is 6.04. The molecular formula is C19H14F4N4O3. The van der Waals surface area contributed by atoms with Crippen LogP contribution in [0.25, 0.3) is 5.69 Å². The van der Waals surface area contributed by atoms with Gasteiger partial charge in [0.25, 0.3) is 5.91 Å². The van der Waals surface area contributed by atoms with Gasteiger partial charge in [-0.2, -0.15) is 13.2 Å². The highest BCUT2D eigenvalue weighted by Gasteiger charge is 2.42. The van der Waals surface area contributed by atoms with Gasteiger partial charge >= 0.3 is 6.18 Å². The Morgan fingerprint density at radius 2 is 1.83 bits per heavy atom. The van der Waals surface area contributed by atoms with Crippen molar-refractivity contribution in [2.24, 2.45) is 0 Å². The molecule has 0 bridgehead atoms. The monoisotopic (exact) mass is 422 g/mol. The number of rotatable bonds is 3. The molecule has 0 fully saturated rings. The van der Waals surface area contributed by atoms with E-state index < -0.39 is 29.3 Å². The Morgan fingerprint density at radius 1 is 1.07 bits per heavy atom. The van der Waals surface area contributed by atoms with E-state index in [0.29, 0.717) is 35.8 Å². The quantitative estimate of drug-likeness (QED) is 0.649. The molecule has 7 nitrogen and oxygen atoms in total. The summed E-state index contributed by atoms with van der Waals surface area (Å²) in [7, 11) is 0. The van der Waals surface area contributed by atoms with E-state index in [2.05, 4.69) is 15.6 Å². The molecule has 1 aliphatic rings. The summed E-state index contributed by atoms with van der Waals surface area (Å²) in [6.45, 7) is 0.876. The molecule has 1 N–H and O–H groups in total. The fraction of sp³-hybridized carbons (Fsp3) is 0.211. The highest BCUT2D eigenvalue weighted by Crippen LogP contribution is 2.35. The van der Waals surface area contributed by atoms with Gasteiger partial charge in [0.1, 0.15) is 5.82 Å². The Kier molecular flexibility index (Phi) is 5.02. The van der Waals surface area contributed by atoms with E-state index in [0.717, 1.165) is 12.1 Å². The summed E-state index contributed by atoms with van der Waals surface area (Å²) in [6, 6.07) is 8.84. The summed E-state index contributed by atoms with van der Waals surface area (Å²) >= 11 is 0. The van der Waals surface area contributed by atoms with Crippen LogP contribution >= 0.6 is 0 Å². The maximum atomic E-state index is 13.7. The Bertz CT molecular complexity index is 1100. The van der Waals surface area contributed by atoms with Gasteiger partial charge in [0, 0.05) is 18.2 Å². The van der Waals surface area contributed by atoms with Crippen LogP contribution in [0.5, 0.6) is 11.5 Å². The summed E-state index contributed by atoms with van der Waals surface area (Å²) in [6.07, 6.45) is -4.29. The topological polar surface area (TPSA) is 78.3 Å². The largest absolute Gasteiger partial charge is 0.490 e. The number of amides is 1. The molecule has 0 spiro atoms. The van der Waals surface area contributed by atoms with Gasteiger partial charge in [-0.25, -0.2) is 9.07 Å². The van der Waals surface area contributed by atoms with Crippen LogP contribution in [0.15, 0.2) is 42.5 Å². The Labute approximate surface area is 167 Å². The number of carbonyl (C=O) groups is 1. The molecule has 1 aliphatic heterocycles. The van der Waals surface area contributed by atoms with E-state index in [1.807, 2.05) is 0 Å². The van der Waals surface area contributed by atoms with Gasteiger partial charge in [0.05, 0.1) is 18.9 Å². The van der Waals surface area contributed by atoms with Crippen molar-refractivity contribution in [3.05, 3.63) is 59.7 Å². The normalized spacial score (nSPS) is 13.6. The fourth-order valence-electron chi connectivity index (χ4n) is 2.91. The van der Waals surface area contributed by atoms with Crippen LogP contribution in [0, 0.1) is 5.82 Å². The van der Waals surface area contributed by atoms with Crippen molar-refractivity contribution in [2.45, 2.75) is 12.6 Å². The van der Waals surface area contributed by atoms with E-state index in [-0.39, 0.29) is 11.4 Å². The maximum Gasteiger partial charge on any atom is 0.435 e. The first kappa shape index (κ1) is 19.7. The molecule has 4 rings (SSSR count). The molecule has 0 saturated carbocycles. The number of hydrogen-bond acceptors (Lipinski definition) is 5. The van der Waals surface area contributed by atoms with Crippen LogP contribution in [0.3, 0.4) is 0 Å². The second-order valence-electron chi connectivity index (χ2n) is 6.34. The van der Waals surface area contributed by atoms with Crippen molar-refractivity contribution in [1.82, 2.24) is 15.0 Å². The SMILES string of the molecule is O=C(Nc1ccc2c(c1)OCCCO2)c1nnn(-c2cccc(F)c2)c1C(F)(F)F. The number of carbonyl (C=O) groups excluding carboxylic acids is 1. The second kappa shape index (κ2) is 7.65. The van der Waals surface area contributed by atoms with Gasteiger partial charge in [0.15, 0.2) is 22.9 Å². The average Bonchev–Trinajstić information content (AvgIpc) is 3.03. The zero-order chi connectivity index (χ0) is 21.3. The Balaban J connectivity index is 1.67. The first-order valence-electron chi connectivity index (χ1n) is 8.83. The van der Waals surface area contributed by atoms with Crippen LogP contribution in [0.2, 0.25) is 0 Å². The minimum atomic E-state index is -4.97. The van der Waals surface area contributed by atoms with Crippen molar-refractivity contribution in [1.29, 1.82) is 0 Å². The predicted octanol–water partition coefficient (Wildman–Crippen LogP) is 3.84. The lowest BCUT2D eigenvalue weighted by molar-refractivity contribution is -0.143. The number of alkyl halides is 3. The molecule has 0 aliphatic carbocycles. The van der Waals surface area contributed by atoms with Gasteiger partial charge in [-0.3, -0.25) is 4.79 Å². The molecule has 2 aromatic carbocycles. The fourth-order valence-corrected chi connectivity index (χ4v) is 2.91. The summed E-state index contributed by atoms with van der Waals surface area (Å²) in [4.78, 5) is 12.6. The van der Waals surface area contributed by atoms with Crippen LogP contribution in [0.1, 0.15) is 22.6 Å². The van der Waals surface area contributed by atoms with E-state index in [4.69, 9.17) is 9.47 Å². The third-order valence-corrected chi connectivity index (χ3v) is 4.21. The molecule has 0 radical (unpaired) electrons. The van der Waals surface area contributed by atoms with E-state index in [9.17, 15) is 22.4 Å². The van der Waals surface area contributed by atoms with Gasteiger partial charge in [-0.05, 0) is 30.3 Å². The van der Waals surface area contributed by atoms with E-state index in [1.54, 1.807) is 6.07 Å². The van der Waals surface area contributed by atoms with Gasteiger partial charge in [0.2, 0.25) is 0 Å². The minimum Gasteiger partial charge on any atom is -0.490 e. The molecule has 11 heteroatoms. The number of fused-ring (bicyclic) bond motifs is 1. The molecule has 2 heterocycles. The molecule has 1 amide bonds. The zero-order valence-electron chi connectivity index (χ0n) is 15.2. The lowest BCUT2D eigenvalue weighted by atomic mass is 10.2. The number of nitrogens with zero attached hydrogens (tertiary/aromatic N) is 3. The number of aromatic nitrogens is 3. The van der Waals surface area contributed by atoms with Crippen LogP contribution < -0.4 is 14.8 Å². The lowest BCUT2D eigenvalue weighted by Gasteiger charge is -2.12. The molecule has 30 heavy (non-hydrogen) atoms. The summed E-state index contributed by atoms with van der Waals surface area (Å²) in [5.41, 5.74) is -2.39. The summed E-state index contributed by atoms with van der Waals surface area (Å²) in [5.74, 6) is -1.04. The second-order valence-corrected chi connectivity index (χ2v) is 6.34. The van der Waals surface area contributed by atoms with Crippen molar-refractivity contribution in [3.8, 4) is 17.2 Å². The van der Waals surface area contributed by atoms with Crippen LogP contribution in [0.4, 0.5) is 23.2 Å². The van der Waals surface area contributed by atoms with Crippen molar-refractivity contribution < 1.29 is 31.8 Å². The van der Waals surface area contributed by atoms with Crippen LogP contribution in [-0.4, -0.2) is 34.1 Å². The number of hydrogen-bond donors (Lipinski definition) is 1. The van der Waals surface area contributed by atoms with Gasteiger partial charge in [-0.15, -0.1) is 5.10 Å². The first-order chi connectivity index (χ1) is 14.3. The summed E-state index contributed by atoms with van der Waals surface area (Å²) < 4.78 is 65.9. The molecule has 156 valence electrons. The van der Waals surface area contributed by atoms with Crippen molar-refractivity contribution >= 4 is 11.6 Å². The minimum absolute atomic E-state index is 0.192. The Hall–Kier alpha value is -3.63. The molecule has 0 saturated heterocycles. The van der Waals surface area contributed by atoms with E-state index in [1.165, 1.54) is 24.3 Å². The number of halogens is 4. The molecule has 1 aromatic heterocycles. The standard InChI is InChI=1S/C19H14F4N4O3/c20-11-3-1-4-13(9-11)27-17(19(21,22)23)16(25-26-27)18(28)24-12-5-6-14-15(10-12)30-8-2-7-29-14/h1,3-6,9-10H,2,7-8H2,(H,24,28). The number of ether oxygens (including phenoxy) is 2. The van der Waals surface area contributed by atoms with Crippen LogP contribution in [-0.2, 0) is 6.18 Å². The zero-order valence-corrected chi connectivity index (χ0v) is 15.2. The van der Waals surface area contributed by atoms with Gasteiger partial charge in [-0.1, -0.05) is 11.3 Å². The number of benzene rings is 2. The third kappa shape index (κ3) is 3.91. The third-order valence-electron chi connectivity index (χ3n) is 4.21. The first-order valence-corrected chi connectivity index (χ1v) is 8.83. The highest BCUT2D eigenvalue weighted by atomic mass is 19.4.